The van der Waals surface area contributed by atoms with Crippen LogP contribution in [-0.4, -0.2) is 116 Å². The van der Waals surface area contributed by atoms with Gasteiger partial charge in [-0.1, -0.05) is 47.5 Å². The van der Waals surface area contributed by atoms with E-state index >= 15 is 0 Å². The van der Waals surface area contributed by atoms with Crippen molar-refractivity contribution in [3.05, 3.63) is 81.4 Å². The van der Waals surface area contributed by atoms with Crippen molar-refractivity contribution in [2.24, 2.45) is 10.9 Å². The molecule has 11 nitrogen and oxygen atoms in total. The number of methoxy groups -OCH3 is 1. The molecule has 3 aliphatic heterocycles. The van der Waals surface area contributed by atoms with Crippen molar-refractivity contribution in [2.45, 2.75) is 25.4 Å². The Balaban J connectivity index is 1.37. The number of carbonyl (C=O) groups excluding carboxylic acids is 2. The number of amidine groups is 1. The number of urea groups is 1. The number of benzene rings is 2. The molecule has 1 aliphatic carbocycles. The highest BCUT2D eigenvalue weighted by Gasteiger charge is 2.47. The van der Waals surface area contributed by atoms with Crippen LogP contribution in [0.15, 0.2) is 64.7 Å². The number of hydrogen-bond donors (Lipinski definition) is 0. The molecular weight excluding hydrogens is 667 g/mol. The largest absolute Gasteiger partial charge is 0.495 e. The van der Waals surface area contributed by atoms with E-state index in [1.807, 2.05) is 59.2 Å². The molecule has 6 rings (SSSR count). The van der Waals surface area contributed by atoms with E-state index in [0.717, 1.165) is 5.56 Å². The minimum atomic E-state index is -0.453. The van der Waals surface area contributed by atoms with Crippen molar-refractivity contribution in [3.8, 4) is 17.6 Å². The van der Waals surface area contributed by atoms with Crippen LogP contribution in [0, 0.1) is 17.2 Å². The molecule has 13 heteroatoms. The molecule has 2 fully saturated rings. The van der Waals surface area contributed by atoms with Gasteiger partial charge in [0.2, 0.25) is 5.91 Å². The third kappa shape index (κ3) is 7.58. The van der Waals surface area contributed by atoms with E-state index in [0.29, 0.717) is 111 Å². The number of nitriles is 1. The van der Waals surface area contributed by atoms with Crippen LogP contribution in [0.1, 0.15) is 36.1 Å². The maximum absolute atomic E-state index is 14.9. The summed E-state index contributed by atoms with van der Waals surface area (Å²) < 4.78 is 17.0. The van der Waals surface area contributed by atoms with Gasteiger partial charge in [0.15, 0.2) is 0 Å². The van der Waals surface area contributed by atoms with E-state index in [9.17, 15) is 14.9 Å². The lowest BCUT2D eigenvalue weighted by Crippen LogP contribution is -2.57. The van der Waals surface area contributed by atoms with Gasteiger partial charge in [-0.25, -0.2) is 4.79 Å². The Bertz CT molecular complexity index is 1680. The van der Waals surface area contributed by atoms with E-state index < -0.39 is 12.1 Å². The summed E-state index contributed by atoms with van der Waals surface area (Å²) in [6.07, 6.45) is 6.48. The van der Waals surface area contributed by atoms with E-state index in [4.69, 9.17) is 42.4 Å². The number of piperazine rings is 1. The van der Waals surface area contributed by atoms with Gasteiger partial charge in [0.1, 0.15) is 23.4 Å². The van der Waals surface area contributed by atoms with Gasteiger partial charge in [-0.2, -0.15) is 5.26 Å². The summed E-state index contributed by atoms with van der Waals surface area (Å²) in [5.74, 6) is 1.20. The first kappa shape index (κ1) is 34.8. The second-order valence-corrected chi connectivity index (χ2v) is 13.2. The highest BCUT2D eigenvalue weighted by atomic mass is 35.5. The molecule has 2 aromatic carbocycles. The maximum atomic E-state index is 14.9. The molecule has 258 valence electrons. The van der Waals surface area contributed by atoms with E-state index in [-0.39, 0.29) is 17.9 Å². The minimum absolute atomic E-state index is 0.0787. The molecule has 49 heavy (non-hydrogen) atoms. The predicted octanol–water partition coefficient (Wildman–Crippen LogP) is 5.09. The Morgan fingerprint density at radius 1 is 1.02 bits per heavy atom. The topological polar surface area (TPSA) is 111 Å². The summed E-state index contributed by atoms with van der Waals surface area (Å²) in [5, 5.41) is 11.3. The molecule has 0 radical (unpaired) electrons. The summed E-state index contributed by atoms with van der Waals surface area (Å²) in [5.41, 5.74) is 1.72. The van der Waals surface area contributed by atoms with Gasteiger partial charge in [-0.3, -0.25) is 19.6 Å². The molecule has 0 N–H and O–H groups in total. The smallest absolute Gasteiger partial charge is 0.326 e. The average molecular weight is 708 g/mol. The highest BCUT2D eigenvalue weighted by molar-refractivity contribution is 6.31. The van der Waals surface area contributed by atoms with Crippen LogP contribution in [0.4, 0.5) is 4.79 Å². The lowest BCUT2D eigenvalue weighted by atomic mass is 9.85. The Labute approximate surface area is 296 Å². The van der Waals surface area contributed by atoms with Crippen molar-refractivity contribution < 1.29 is 23.8 Å². The summed E-state index contributed by atoms with van der Waals surface area (Å²) in [6, 6.07) is 12.0. The van der Waals surface area contributed by atoms with Gasteiger partial charge in [0.25, 0.3) is 0 Å². The normalized spacial score (nSPS) is 22.8. The van der Waals surface area contributed by atoms with Crippen LogP contribution in [0.3, 0.4) is 0 Å². The molecule has 0 bridgehead atoms. The van der Waals surface area contributed by atoms with E-state index in [1.165, 1.54) is 7.11 Å². The SMILES string of the molecule is CCOc1cc(OC)c(C#N)cc1C1=N[C@@H](c2ccc(Cl)cc2)[C@@H](C2C=CC(Cl)=CC2)N1C(=O)N1CCN(CC(=O)N2CCOCC2)CC1. The van der Waals surface area contributed by atoms with Crippen LogP contribution in [0.5, 0.6) is 11.5 Å². The summed E-state index contributed by atoms with van der Waals surface area (Å²) >= 11 is 12.7. The maximum Gasteiger partial charge on any atom is 0.326 e. The lowest BCUT2D eigenvalue weighted by Gasteiger charge is -2.41. The number of rotatable bonds is 8. The number of allylic oxidation sites excluding steroid dienone is 3. The van der Waals surface area contributed by atoms with Crippen molar-refractivity contribution >= 4 is 41.0 Å². The Kier molecular flexibility index (Phi) is 11.1. The zero-order valence-corrected chi connectivity index (χ0v) is 29.2. The molecular formula is C36H40Cl2N6O5. The van der Waals surface area contributed by atoms with Crippen molar-refractivity contribution in [1.82, 2.24) is 19.6 Å². The average Bonchev–Trinajstić information content (AvgIpc) is 3.53. The minimum Gasteiger partial charge on any atom is -0.495 e. The van der Waals surface area contributed by atoms with Crippen molar-refractivity contribution in [3.63, 3.8) is 0 Å². The van der Waals surface area contributed by atoms with Crippen molar-refractivity contribution in [1.29, 1.82) is 5.26 Å². The lowest BCUT2D eigenvalue weighted by molar-refractivity contribution is -0.136. The fourth-order valence-corrected chi connectivity index (χ4v) is 7.10. The fraction of sp³-hybridized carbons (Fsp3) is 0.444. The quantitative estimate of drug-likeness (QED) is 0.376. The van der Waals surface area contributed by atoms with Crippen LogP contribution in [0.25, 0.3) is 0 Å². The molecule has 4 aliphatic rings. The first-order valence-corrected chi connectivity index (χ1v) is 17.3. The number of aliphatic imine (C=N–C) groups is 1. The Morgan fingerprint density at radius 3 is 2.39 bits per heavy atom. The zero-order chi connectivity index (χ0) is 34.5. The number of ether oxygens (including phenoxy) is 3. The number of morpholine rings is 1. The molecule has 1 unspecified atom stereocenters. The van der Waals surface area contributed by atoms with Gasteiger partial charge in [0.05, 0.1) is 56.7 Å². The zero-order valence-electron chi connectivity index (χ0n) is 27.7. The van der Waals surface area contributed by atoms with Gasteiger partial charge in [-0.05, 0) is 43.2 Å². The number of carbonyl (C=O) groups is 2. The van der Waals surface area contributed by atoms with Crippen molar-refractivity contribution in [2.75, 3.05) is 72.7 Å². The number of hydrogen-bond acceptors (Lipinski definition) is 8. The molecule has 3 atom stereocenters. The standard InChI is InChI=1S/C36H40Cl2N6O5/c1-3-49-31-21-30(47-2)26(22-39)20-29(31)35-40-33(24-4-8-27(37)9-5-24)34(25-6-10-28(38)11-7-25)44(35)36(46)43-14-12-41(13-15-43)23-32(45)42-16-18-48-19-17-42/h4-6,8-11,20-21,25,33-34H,3,7,12-19,23H2,1-2H3/t25?,33-,34+/m0/s1. The fourth-order valence-electron chi connectivity index (χ4n) is 6.81. The van der Waals surface area contributed by atoms with E-state index in [1.54, 1.807) is 17.0 Å². The first-order valence-electron chi connectivity index (χ1n) is 16.6. The van der Waals surface area contributed by atoms with Gasteiger partial charge in [0, 0.05) is 61.3 Å². The molecule has 3 heterocycles. The second-order valence-electron chi connectivity index (χ2n) is 12.3. The highest BCUT2D eigenvalue weighted by Crippen LogP contribution is 2.43. The number of amides is 3. The Hall–Kier alpha value is -4.08. The number of nitrogens with zero attached hydrogens (tertiary/aromatic N) is 6. The third-order valence-corrected chi connectivity index (χ3v) is 9.92. The van der Waals surface area contributed by atoms with E-state index in [2.05, 4.69) is 11.0 Å². The van der Waals surface area contributed by atoms with Crippen LogP contribution < -0.4 is 9.47 Å². The monoisotopic (exact) mass is 706 g/mol. The molecule has 0 spiro atoms. The molecule has 3 amide bonds. The Morgan fingerprint density at radius 2 is 1.76 bits per heavy atom. The first-order chi connectivity index (χ1) is 23.8. The molecule has 2 aromatic rings. The third-order valence-electron chi connectivity index (χ3n) is 9.38. The van der Waals surface area contributed by atoms with Gasteiger partial charge >= 0.3 is 6.03 Å². The second kappa shape index (κ2) is 15.6. The molecule has 0 aromatic heterocycles. The number of halogens is 2. The molecule has 0 saturated carbocycles. The summed E-state index contributed by atoms with van der Waals surface area (Å²) in [6.45, 7) is 6.83. The van der Waals surface area contributed by atoms with Crippen LogP contribution in [0.2, 0.25) is 5.02 Å². The van der Waals surface area contributed by atoms with Gasteiger partial charge < -0.3 is 24.0 Å². The van der Waals surface area contributed by atoms with Crippen LogP contribution >= 0.6 is 23.2 Å². The van der Waals surface area contributed by atoms with Crippen LogP contribution in [-0.2, 0) is 9.53 Å². The van der Waals surface area contributed by atoms with Gasteiger partial charge in [-0.15, -0.1) is 0 Å². The summed E-state index contributed by atoms with van der Waals surface area (Å²) in [7, 11) is 1.50. The molecule has 2 saturated heterocycles. The summed E-state index contributed by atoms with van der Waals surface area (Å²) in [4.78, 5) is 40.7. The predicted molar refractivity (Wildman–Crippen MR) is 187 cm³/mol.